The minimum absolute atomic E-state index is 0.896. The summed E-state index contributed by atoms with van der Waals surface area (Å²) < 4.78 is 2.26. The number of fused-ring (bicyclic) bond motifs is 1. The maximum Gasteiger partial charge on any atom is 0.193 e. The molecule has 0 bridgehead atoms. The molecule has 0 radical (unpaired) electrons. The van der Waals surface area contributed by atoms with Crippen LogP contribution in [0.5, 0.6) is 0 Å². The van der Waals surface area contributed by atoms with Crippen LogP contribution in [0.25, 0.3) is 11.4 Å². The van der Waals surface area contributed by atoms with Gasteiger partial charge in [-0.05, 0) is 38.4 Å². The van der Waals surface area contributed by atoms with E-state index >= 15 is 0 Å². The summed E-state index contributed by atoms with van der Waals surface area (Å²) in [6.07, 6.45) is 2.73. The highest BCUT2D eigenvalue weighted by molar-refractivity contribution is 7.99. The van der Waals surface area contributed by atoms with Gasteiger partial charge in [-0.3, -0.25) is 9.47 Å². The molecule has 0 unspecified atom stereocenters. The van der Waals surface area contributed by atoms with Gasteiger partial charge >= 0.3 is 0 Å². The predicted octanol–water partition coefficient (Wildman–Crippen LogP) is 2.67. The van der Waals surface area contributed by atoms with Crippen molar-refractivity contribution in [2.45, 2.75) is 31.6 Å². The highest BCUT2D eigenvalue weighted by atomic mass is 32.2. The van der Waals surface area contributed by atoms with Crippen LogP contribution < -0.4 is 0 Å². The molecule has 23 heavy (non-hydrogen) atoms. The van der Waals surface area contributed by atoms with Crippen LogP contribution in [0.1, 0.15) is 18.4 Å². The van der Waals surface area contributed by atoms with Crippen LogP contribution in [0.4, 0.5) is 0 Å². The Kier molecular flexibility index (Phi) is 4.37. The first-order valence-corrected chi connectivity index (χ1v) is 9.36. The van der Waals surface area contributed by atoms with Crippen molar-refractivity contribution in [1.82, 2.24) is 24.6 Å². The lowest BCUT2D eigenvalue weighted by molar-refractivity contribution is 0.203. The molecule has 1 saturated heterocycles. The minimum Gasteiger partial charge on any atom is -0.302 e. The number of benzene rings is 1. The van der Waals surface area contributed by atoms with Crippen LogP contribution >= 0.6 is 11.8 Å². The van der Waals surface area contributed by atoms with Gasteiger partial charge in [0.05, 0.1) is 12.5 Å². The van der Waals surface area contributed by atoms with Crippen LogP contribution in [-0.4, -0.2) is 56.6 Å². The second kappa shape index (κ2) is 6.63. The van der Waals surface area contributed by atoms with E-state index in [0.29, 0.717) is 0 Å². The Morgan fingerprint density at radius 2 is 1.83 bits per heavy atom. The fourth-order valence-electron chi connectivity index (χ4n) is 3.36. The number of thioether (sulfide) groups is 1. The first-order chi connectivity index (χ1) is 11.3. The molecule has 2 aliphatic heterocycles. The third-order valence-corrected chi connectivity index (χ3v) is 5.81. The van der Waals surface area contributed by atoms with E-state index in [1.807, 2.05) is 0 Å². The van der Waals surface area contributed by atoms with E-state index in [1.54, 1.807) is 11.8 Å². The van der Waals surface area contributed by atoms with Crippen LogP contribution in [0.3, 0.4) is 0 Å². The Bertz CT molecular complexity index is 677. The Morgan fingerprint density at radius 3 is 2.65 bits per heavy atom. The number of aryl methyl sites for hydroxylation is 1. The van der Waals surface area contributed by atoms with Gasteiger partial charge < -0.3 is 4.90 Å². The molecule has 2 aliphatic rings. The van der Waals surface area contributed by atoms with Gasteiger partial charge in [0.2, 0.25) is 0 Å². The Hall–Kier alpha value is -1.37. The second-order valence-electron chi connectivity index (χ2n) is 6.41. The van der Waals surface area contributed by atoms with Crippen molar-refractivity contribution in [3.63, 3.8) is 0 Å². The Balaban J connectivity index is 1.50. The highest BCUT2D eigenvalue weighted by Gasteiger charge is 2.23. The van der Waals surface area contributed by atoms with Gasteiger partial charge in [-0.25, -0.2) is 0 Å². The molecular formula is C17H23N5S. The lowest BCUT2D eigenvalue weighted by Gasteiger charge is -2.29. The average molecular weight is 329 g/mol. The van der Waals surface area contributed by atoms with Crippen LogP contribution in [0.15, 0.2) is 29.4 Å². The van der Waals surface area contributed by atoms with E-state index in [4.69, 9.17) is 0 Å². The first-order valence-electron chi connectivity index (χ1n) is 8.38. The summed E-state index contributed by atoms with van der Waals surface area (Å²) in [7, 11) is 0. The maximum atomic E-state index is 4.46. The number of hydrogen-bond acceptors (Lipinski definition) is 5. The van der Waals surface area contributed by atoms with E-state index in [2.05, 4.69) is 55.8 Å². The quantitative estimate of drug-likeness (QED) is 0.862. The van der Waals surface area contributed by atoms with E-state index in [-0.39, 0.29) is 0 Å². The summed E-state index contributed by atoms with van der Waals surface area (Å²) in [5.74, 6) is 2.01. The first kappa shape index (κ1) is 15.2. The third kappa shape index (κ3) is 3.16. The summed E-state index contributed by atoms with van der Waals surface area (Å²) in [5, 5.41) is 9.88. The van der Waals surface area contributed by atoms with Gasteiger partial charge in [0.15, 0.2) is 11.0 Å². The van der Waals surface area contributed by atoms with Gasteiger partial charge in [-0.15, -0.1) is 10.2 Å². The molecule has 0 aliphatic carbocycles. The van der Waals surface area contributed by atoms with Gasteiger partial charge in [0.1, 0.15) is 0 Å². The molecule has 0 N–H and O–H groups in total. The second-order valence-corrected chi connectivity index (χ2v) is 7.32. The summed E-state index contributed by atoms with van der Waals surface area (Å²) in [6, 6.07) is 8.42. The molecule has 1 aromatic carbocycles. The Morgan fingerprint density at radius 1 is 1.04 bits per heavy atom. The molecule has 1 aromatic heterocycles. The van der Waals surface area contributed by atoms with E-state index < -0.39 is 0 Å². The molecule has 1 fully saturated rings. The topological polar surface area (TPSA) is 37.2 Å². The van der Waals surface area contributed by atoms with Crippen molar-refractivity contribution in [2.75, 3.05) is 32.1 Å². The smallest absolute Gasteiger partial charge is 0.193 e. The van der Waals surface area contributed by atoms with Crippen molar-refractivity contribution >= 4 is 11.8 Å². The van der Waals surface area contributed by atoms with Gasteiger partial charge in [0, 0.05) is 18.7 Å². The minimum atomic E-state index is 0.896. The van der Waals surface area contributed by atoms with Crippen LogP contribution in [0.2, 0.25) is 0 Å². The van der Waals surface area contributed by atoms with Crippen molar-refractivity contribution in [2.24, 2.45) is 0 Å². The van der Waals surface area contributed by atoms with Crippen molar-refractivity contribution < 1.29 is 0 Å². The Labute approximate surface area is 141 Å². The molecule has 3 heterocycles. The zero-order chi connectivity index (χ0) is 15.6. The number of likely N-dealkylation sites (tertiary alicyclic amines) is 1. The van der Waals surface area contributed by atoms with E-state index in [9.17, 15) is 0 Å². The van der Waals surface area contributed by atoms with Crippen LogP contribution in [-0.2, 0) is 6.67 Å². The molecule has 5 nitrogen and oxygen atoms in total. The third-order valence-electron chi connectivity index (χ3n) is 4.75. The fourth-order valence-corrected chi connectivity index (χ4v) is 4.27. The summed E-state index contributed by atoms with van der Waals surface area (Å²) in [6.45, 7) is 7.88. The van der Waals surface area contributed by atoms with Gasteiger partial charge in [0.25, 0.3) is 0 Å². The van der Waals surface area contributed by atoms with Crippen molar-refractivity contribution in [3.8, 4) is 11.4 Å². The van der Waals surface area contributed by atoms with E-state index in [1.165, 1.54) is 43.6 Å². The van der Waals surface area contributed by atoms with Gasteiger partial charge in [-0.2, -0.15) is 0 Å². The number of rotatable bonds is 4. The molecular weight excluding hydrogens is 306 g/mol. The largest absolute Gasteiger partial charge is 0.302 e. The standard InChI is InChI=1S/C17H23N5S/c1-14-6-2-3-7-15(14)16-18-19-17-22(16)12-21(13-23-17)11-10-20-8-4-5-9-20/h2-3,6-7H,4-5,8-13H2,1H3. The summed E-state index contributed by atoms with van der Waals surface area (Å²) >= 11 is 1.80. The lowest BCUT2D eigenvalue weighted by Crippen LogP contribution is -2.37. The molecule has 0 atom stereocenters. The molecule has 4 rings (SSSR count). The molecule has 2 aromatic rings. The number of hydrogen-bond donors (Lipinski definition) is 0. The fraction of sp³-hybridized carbons (Fsp3) is 0.529. The molecule has 0 saturated carbocycles. The molecule has 0 amide bonds. The highest BCUT2D eigenvalue weighted by Crippen LogP contribution is 2.30. The zero-order valence-electron chi connectivity index (χ0n) is 13.6. The molecule has 6 heteroatoms. The maximum absolute atomic E-state index is 4.46. The van der Waals surface area contributed by atoms with Crippen molar-refractivity contribution in [3.05, 3.63) is 29.8 Å². The SMILES string of the molecule is Cc1ccccc1-c1nnc2n1CN(CCN1CCCC1)CS2. The molecule has 0 spiro atoms. The lowest BCUT2D eigenvalue weighted by atomic mass is 10.1. The predicted molar refractivity (Wildman–Crippen MR) is 93.3 cm³/mol. The number of aromatic nitrogens is 3. The summed E-state index contributed by atoms with van der Waals surface area (Å²) in [4.78, 5) is 5.08. The average Bonchev–Trinajstić information content (AvgIpc) is 3.23. The normalized spacial score (nSPS) is 19.2. The zero-order valence-corrected chi connectivity index (χ0v) is 14.4. The molecule has 122 valence electrons. The monoisotopic (exact) mass is 329 g/mol. The van der Waals surface area contributed by atoms with E-state index in [0.717, 1.165) is 30.1 Å². The van der Waals surface area contributed by atoms with Crippen LogP contribution in [0, 0.1) is 6.92 Å². The van der Waals surface area contributed by atoms with Gasteiger partial charge in [-0.1, -0.05) is 36.0 Å². The number of nitrogens with zero attached hydrogens (tertiary/aromatic N) is 5. The summed E-state index contributed by atoms with van der Waals surface area (Å²) in [5.41, 5.74) is 2.44. The van der Waals surface area contributed by atoms with Crippen molar-refractivity contribution in [1.29, 1.82) is 0 Å².